The summed E-state index contributed by atoms with van der Waals surface area (Å²) in [4.78, 5) is 0. The molecule has 1 rings (SSSR count). The first kappa shape index (κ1) is 10.4. The van der Waals surface area contributed by atoms with Gasteiger partial charge in [0.15, 0.2) is 0 Å². The van der Waals surface area contributed by atoms with Crippen molar-refractivity contribution < 1.29 is 0 Å². The summed E-state index contributed by atoms with van der Waals surface area (Å²) in [6, 6.07) is 0.727. The maximum absolute atomic E-state index is 4.19. The summed E-state index contributed by atoms with van der Waals surface area (Å²) in [5.41, 5.74) is 0. The third-order valence-corrected chi connectivity index (χ3v) is 2.59. The van der Waals surface area contributed by atoms with Crippen LogP contribution in [0, 0.1) is 0 Å². The highest BCUT2D eigenvalue weighted by Gasteiger charge is 2.08. The predicted molar refractivity (Wildman–Crippen MR) is 57.0 cm³/mol. The molecule has 0 amide bonds. The Morgan fingerprint density at radius 3 is 3.00 bits per heavy atom. The van der Waals surface area contributed by atoms with E-state index in [1.807, 2.05) is 0 Å². The summed E-state index contributed by atoms with van der Waals surface area (Å²) in [5, 5.41) is 6.96. The molecule has 1 aliphatic rings. The Labute approximate surface area is 80.9 Å². The summed E-state index contributed by atoms with van der Waals surface area (Å²) in [5.74, 6) is 0.948. The second-order valence-corrected chi connectivity index (χ2v) is 3.86. The number of nitrogens with one attached hydrogen (secondary N) is 2. The maximum Gasteiger partial charge on any atom is 0.00794 e. The van der Waals surface area contributed by atoms with Gasteiger partial charge in [0, 0.05) is 18.3 Å². The minimum atomic E-state index is 0.727. The molecule has 0 aromatic carbocycles. The summed E-state index contributed by atoms with van der Waals surface area (Å²) < 4.78 is 0. The number of hydrogen-bond donors (Lipinski definition) is 3. The zero-order chi connectivity index (χ0) is 8.65. The minimum absolute atomic E-state index is 0.727. The van der Waals surface area contributed by atoms with E-state index in [1.54, 1.807) is 0 Å². The molecule has 0 aromatic rings. The fourth-order valence-electron chi connectivity index (χ4n) is 1.66. The number of rotatable bonds is 3. The second kappa shape index (κ2) is 6.75. The Kier molecular flexibility index (Phi) is 5.82. The summed E-state index contributed by atoms with van der Waals surface area (Å²) in [7, 11) is 0. The minimum Gasteiger partial charge on any atom is -0.317 e. The van der Waals surface area contributed by atoms with E-state index in [1.165, 1.54) is 38.8 Å². The molecule has 0 bridgehead atoms. The second-order valence-electron chi connectivity index (χ2n) is 3.41. The van der Waals surface area contributed by atoms with E-state index in [9.17, 15) is 0 Å². The third-order valence-electron chi connectivity index (χ3n) is 2.37. The monoisotopic (exact) mass is 188 g/mol. The molecule has 1 heterocycles. The van der Waals surface area contributed by atoms with Crippen molar-refractivity contribution in [1.82, 2.24) is 10.6 Å². The number of thiol groups is 1. The molecule has 0 radical (unpaired) electrons. The van der Waals surface area contributed by atoms with Crippen LogP contribution in [0.2, 0.25) is 0 Å². The van der Waals surface area contributed by atoms with Crippen LogP contribution >= 0.6 is 12.6 Å². The van der Waals surface area contributed by atoms with E-state index in [0.717, 1.165) is 18.3 Å². The van der Waals surface area contributed by atoms with Gasteiger partial charge in [0.25, 0.3) is 0 Å². The van der Waals surface area contributed by atoms with E-state index in [2.05, 4.69) is 23.3 Å². The third kappa shape index (κ3) is 4.33. The highest BCUT2D eigenvalue weighted by atomic mass is 32.1. The smallest absolute Gasteiger partial charge is 0.00794 e. The molecule has 2 nitrogen and oxygen atoms in total. The van der Waals surface area contributed by atoms with Gasteiger partial charge >= 0.3 is 0 Å². The van der Waals surface area contributed by atoms with Gasteiger partial charge in [-0.2, -0.15) is 12.6 Å². The van der Waals surface area contributed by atoms with Gasteiger partial charge in [-0.1, -0.05) is 6.42 Å². The lowest BCUT2D eigenvalue weighted by atomic mass is 10.0. The van der Waals surface area contributed by atoms with Gasteiger partial charge in [-0.15, -0.1) is 0 Å². The first-order valence-corrected chi connectivity index (χ1v) is 5.61. The zero-order valence-electron chi connectivity index (χ0n) is 7.68. The van der Waals surface area contributed by atoms with Crippen LogP contribution in [-0.4, -0.2) is 31.4 Å². The van der Waals surface area contributed by atoms with Crippen LogP contribution in [0.15, 0.2) is 0 Å². The van der Waals surface area contributed by atoms with E-state index in [-0.39, 0.29) is 0 Å². The van der Waals surface area contributed by atoms with E-state index in [4.69, 9.17) is 0 Å². The van der Waals surface area contributed by atoms with Crippen LogP contribution in [0.5, 0.6) is 0 Å². The largest absolute Gasteiger partial charge is 0.317 e. The Morgan fingerprint density at radius 2 is 2.17 bits per heavy atom. The van der Waals surface area contributed by atoms with Crippen LogP contribution in [0.3, 0.4) is 0 Å². The van der Waals surface area contributed by atoms with Crippen molar-refractivity contribution >= 4 is 12.6 Å². The molecule has 12 heavy (non-hydrogen) atoms. The van der Waals surface area contributed by atoms with Crippen LogP contribution in [0.4, 0.5) is 0 Å². The molecule has 1 saturated heterocycles. The predicted octanol–water partition coefficient (Wildman–Crippen LogP) is 1.04. The SMILES string of the molecule is SCCNC1CCCCNCC1. The van der Waals surface area contributed by atoms with Gasteiger partial charge in [0.2, 0.25) is 0 Å². The van der Waals surface area contributed by atoms with Crippen LogP contribution in [-0.2, 0) is 0 Å². The lowest BCUT2D eigenvalue weighted by molar-refractivity contribution is 0.407. The van der Waals surface area contributed by atoms with Crippen LogP contribution < -0.4 is 10.6 Å². The lowest BCUT2D eigenvalue weighted by Gasteiger charge is -2.21. The van der Waals surface area contributed by atoms with E-state index in [0.29, 0.717) is 0 Å². The van der Waals surface area contributed by atoms with Crippen LogP contribution in [0.25, 0.3) is 0 Å². The summed E-state index contributed by atoms with van der Waals surface area (Å²) in [6.07, 6.45) is 5.31. The standard InChI is InChI=1S/C9H20N2S/c12-8-7-11-9-3-1-2-5-10-6-4-9/h9-12H,1-8H2. The Hall–Kier alpha value is 0.270. The van der Waals surface area contributed by atoms with Gasteiger partial charge in [-0.3, -0.25) is 0 Å². The highest BCUT2D eigenvalue weighted by molar-refractivity contribution is 7.80. The summed E-state index contributed by atoms with van der Waals surface area (Å²) in [6.45, 7) is 3.43. The van der Waals surface area contributed by atoms with Crippen molar-refractivity contribution in [3.05, 3.63) is 0 Å². The van der Waals surface area contributed by atoms with Crippen LogP contribution in [0.1, 0.15) is 25.7 Å². The number of hydrogen-bond acceptors (Lipinski definition) is 3. The molecule has 1 atom stereocenters. The molecule has 0 spiro atoms. The van der Waals surface area contributed by atoms with Crippen molar-refractivity contribution in [2.75, 3.05) is 25.4 Å². The zero-order valence-corrected chi connectivity index (χ0v) is 8.58. The highest BCUT2D eigenvalue weighted by Crippen LogP contribution is 2.06. The molecule has 1 unspecified atom stereocenters. The average Bonchev–Trinajstić information content (AvgIpc) is 2.02. The van der Waals surface area contributed by atoms with Crippen molar-refractivity contribution in [1.29, 1.82) is 0 Å². The van der Waals surface area contributed by atoms with E-state index >= 15 is 0 Å². The summed E-state index contributed by atoms with van der Waals surface area (Å²) >= 11 is 4.19. The first-order chi connectivity index (χ1) is 5.93. The molecule has 72 valence electrons. The van der Waals surface area contributed by atoms with Gasteiger partial charge < -0.3 is 10.6 Å². The quantitative estimate of drug-likeness (QED) is 0.577. The molecule has 2 N–H and O–H groups in total. The molecule has 1 aliphatic heterocycles. The van der Waals surface area contributed by atoms with Gasteiger partial charge in [0.1, 0.15) is 0 Å². The average molecular weight is 188 g/mol. The van der Waals surface area contributed by atoms with Crippen molar-refractivity contribution in [3.8, 4) is 0 Å². The molecule has 0 saturated carbocycles. The van der Waals surface area contributed by atoms with Crippen molar-refractivity contribution in [2.45, 2.75) is 31.7 Å². The fraction of sp³-hybridized carbons (Fsp3) is 1.00. The first-order valence-electron chi connectivity index (χ1n) is 4.98. The van der Waals surface area contributed by atoms with Gasteiger partial charge in [0.05, 0.1) is 0 Å². The molecule has 0 aliphatic carbocycles. The Balaban J connectivity index is 2.11. The molecule has 0 aromatic heterocycles. The fourth-order valence-corrected chi connectivity index (χ4v) is 1.79. The van der Waals surface area contributed by atoms with Crippen molar-refractivity contribution in [2.24, 2.45) is 0 Å². The molecular weight excluding hydrogens is 168 g/mol. The molecular formula is C9H20N2S. The lowest BCUT2D eigenvalue weighted by Crippen LogP contribution is -2.35. The molecule has 3 heteroatoms. The Bertz CT molecular complexity index is 97.9. The normalized spacial score (nSPS) is 26.2. The van der Waals surface area contributed by atoms with E-state index < -0.39 is 0 Å². The maximum atomic E-state index is 4.19. The molecule has 1 fully saturated rings. The van der Waals surface area contributed by atoms with Crippen molar-refractivity contribution in [3.63, 3.8) is 0 Å². The topological polar surface area (TPSA) is 24.1 Å². The van der Waals surface area contributed by atoms with Gasteiger partial charge in [-0.05, 0) is 32.4 Å². The van der Waals surface area contributed by atoms with Gasteiger partial charge in [-0.25, -0.2) is 0 Å². The Morgan fingerprint density at radius 1 is 1.25 bits per heavy atom.